The van der Waals surface area contributed by atoms with Gasteiger partial charge >= 0.3 is 0 Å². The summed E-state index contributed by atoms with van der Waals surface area (Å²) in [5.74, 6) is 0.290. The Bertz CT molecular complexity index is 776. The summed E-state index contributed by atoms with van der Waals surface area (Å²) in [6.07, 6.45) is 0.989. The zero-order chi connectivity index (χ0) is 15.2. The van der Waals surface area contributed by atoms with Gasteiger partial charge in [-0.15, -0.1) is 0 Å². The van der Waals surface area contributed by atoms with E-state index in [4.69, 9.17) is 4.52 Å². The van der Waals surface area contributed by atoms with E-state index in [0.717, 1.165) is 18.7 Å². The van der Waals surface area contributed by atoms with E-state index in [1.54, 1.807) is 19.9 Å². The zero-order valence-corrected chi connectivity index (χ0v) is 13.0. The Balaban J connectivity index is 1.95. The van der Waals surface area contributed by atoms with Crippen molar-refractivity contribution < 1.29 is 12.9 Å². The van der Waals surface area contributed by atoms with Crippen LogP contribution in [0.2, 0.25) is 0 Å². The molecule has 0 atom stereocenters. The number of rotatable bonds is 3. The molecule has 0 fully saturated rings. The van der Waals surface area contributed by atoms with Crippen LogP contribution in [-0.2, 0) is 16.4 Å². The van der Waals surface area contributed by atoms with Gasteiger partial charge in [-0.25, -0.2) is 8.42 Å². The lowest BCUT2D eigenvalue weighted by atomic mass is 10.1. The van der Waals surface area contributed by atoms with Crippen LogP contribution >= 0.6 is 0 Å². The van der Waals surface area contributed by atoms with Gasteiger partial charge in [0.15, 0.2) is 10.7 Å². The highest BCUT2D eigenvalue weighted by Crippen LogP contribution is 2.31. The molecule has 0 saturated carbocycles. The molecule has 0 aliphatic carbocycles. The molecule has 0 saturated heterocycles. The molecule has 1 aromatic heterocycles. The number of hydrogen-bond acceptors (Lipinski definition) is 5. The first-order valence-corrected chi connectivity index (χ1v) is 8.16. The summed E-state index contributed by atoms with van der Waals surface area (Å²) < 4.78 is 32.5. The minimum Gasteiger partial charge on any atom is -0.374 e. The van der Waals surface area contributed by atoms with Crippen LogP contribution in [0.3, 0.4) is 0 Å². The molecule has 2 heterocycles. The Morgan fingerprint density at radius 1 is 1.33 bits per heavy atom. The Morgan fingerprint density at radius 3 is 2.76 bits per heavy atom. The number of aryl methyl sites for hydroxylation is 2. The maximum absolute atomic E-state index is 12.5. The molecular weight excluding hydrogens is 290 g/mol. The lowest BCUT2D eigenvalue weighted by Gasteiger charge is -2.14. The summed E-state index contributed by atoms with van der Waals surface area (Å²) in [5.41, 5.74) is 3.20. The topological polar surface area (TPSA) is 75.4 Å². The van der Waals surface area contributed by atoms with E-state index >= 15 is 0 Å². The first kappa shape index (κ1) is 13.9. The maximum Gasteiger partial charge on any atom is 0.267 e. The van der Waals surface area contributed by atoms with Crippen LogP contribution in [-0.4, -0.2) is 27.2 Å². The minimum absolute atomic E-state index is 0.108. The molecule has 1 aliphatic rings. The van der Waals surface area contributed by atoms with Crippen molar-refractivity contribution in [3.8, 4) is 0 Å². The second kappa shape index (κ2) is 4.77. The highest BCUT2D eigenvalue weighted by molar-refractivity contribution is 7.92. The van der Waals surface area contributed by atoms with E-state index in [-0.39, 0.29) is 4.90 Å². The van der Waals surface area contributed by atoms with Gasteiger partial charge in [-0.2, -0.15) is 0 Å². The Labute approximate surface area is 123 Å². The molecule has 0 unspecified atom stereocenters. The number of benzene rings is 1. The third-order valence-electron chi connectivity index (χ3n) is 3.70. The molecule has 6 nitrogen and oxygen atoms in total. The lowest BCUT2D eigenvalue weighted by molar-refractivity contribution is 0.390. The van der Waals surface area contributed by atoms with Crippen LogP contribution in [0.25, 0.3) is 0 Å². The molecule has 21 heavy (non-hydrogen) atoms. The van der Waals surface area contributed by atoms with Crippen LogP contribution in [0.4, 0.5) is 11.4 Å². The minimum atomic E-state index is -3.69. The van der Waals surface area contributed by atoms with E-state index in [1.807, 2.05) is 19.2 Å². The summed E-state index contributed by atoms with van der Waals surface area (Å²) in [4.78, 5) is 2.22. The summed E-state index contributed by atoms with van der Waals surface area (Å²) >= 11 is 0. The molecule has 1 aromatic carbocycles. The van der Waals surface area contributed by atoms with Crippen molar-refractivity contribution in [3.05, 3.63) is 35.2 Å². The fraction of sp³-hybridized carbons (Fsp3) is 0.357. The molecular formula is C14H17N3O3S. The van der Waals surface area contributed by atoms with Gasteiger partial charge in [0.1, 0.15) is 5.69 Å². The van der Waals surface area contributed by atoms with E-state index in [0.29, 0.717) is 17.1 Å². The Hall–Kier alpha value is -2.02. The van der Waals surface area contributed by atoms with Gasteiger partial charge in [-0.05, 0) is 38.0 Å². The third-order valence-corrected chi connectivity index (χ3v) is 5.33. The standard InChI is InChI=1S/C14H17N3O3S/c1-9-14(10(2)20-15-9)21(18,19)16-12-5-4-11-6-7-17(3)13(11)8-12/h4-5,8,16H,6-7H2,1-3H3. The number of sulfonamides is 1. The van der Waals surface area contributed by atoms with Crippen LogP contribution in [0.15, 0.2) is 27.6 Å². The van der Waals surface area contributed by atoms with Gasteiger partial charge in [0.05, 0.1) is 5.69 Å². The average molecular weight is 307 g/mol. The van der Waals surface area contributed by atoms with Crippen LogP contribution in [0, 0.1) is 13.8 Å². The molecule has 0 bridgehead atoms. The van der Waals surface area contributed by atoms with Gasteiger partial charge in [-0.3, -0.25) is 4.72 Å². The van der Waals surface area contributed by atoms with Crippen molar-refractivity contribution in [2.24, 2.45) is 0 Å². The normalized spacial score (nSPS) is 14.3. The third kappa shape index (κ3) is 2.37. The highest BCUT2D eigenvalue weighted by Gasteiger charge is 2.25. The van der Waals surface area contributed by atoms with Gasteiger partial charge in [0.2, 0.25) is 0 Å². The first-order valence-electron chi connectivity index (χ1n) is 6.68. The second-order valence-electron chi connectivity index (χ2n) is 5.27. The van der Waals surface area contributed by atoms with E-state index in [9.17, 15) is 8.42 Å². The molecule has 7 heteroatoms. The first-order chi connectivity index (χ1) is 9.88. The van der Waals surface area contributed by atoms with Gasteiger partial charge in [0.25, 0.3) is 10.0 Å². The van der Waals surface area contributed by atoms with Gasteiger partial charge in [0, 0.05) is 19.3 Å². The second-order valence-corrected chi connectivity index (χ2v) is 6.89. The smallest absolute Gasteiger partial charge is 0.267 e. The molecule has 2 aromatic rings. The fourth-order valence-electron chi connectivity index (χ4n) is 2.67. The number of anilines is 2. The number of nitrogens with zero attached hydrogens (tertiary/aromatic N) is 2. The van der Waals surface area contributed by atoms with Crippen molar-refractivity contribution in [2.45, 2.75) is 25.2 Å². The summed E-state index contributed by atoms with van der Waals surface area (Å²) in [6.45, 7) is 4.15. The monoisotopic (exact) mass is 307 g/mol. The zero-order valence-electron chi connectivity index (χ0n) is 12.2. The van der Waals surface area contributed by atoms with Crippen molar-refractivity contribution in [3.63, 3.8) is 0 Å². The van der Waals surface area contributed by atoms with Gasteiger partial charge in [-0.1, -0.05) is 11.2 Å². The van der Waals surface area contributed by atoms with Gasteiger partial charge < -0.3 is 9.42 Å². The largest absolute Gasteiger partial charge is 0.374 e. The van der Waals surface area contributed by atoms with E-state index in [2.05, 4.69) is 14.8 Å². The number of aromatic nitrogens is 1. The molecule has 112 valence electrons. The lowest BCUT2D eigenvalue weighted by Crippen LogP contribution is -2.15. The summed E-state index contributed by atoms with van der Waals surface area (Å²) in [6, 6.07) is 5.61. The molecule has 1 aliphatic heterocycles. The molecule has 3 rings (SSSR count). The predicted octanol–water partition coefficient (Wildman–Crippen LogP) is 2.08. The highest BCUT2D eigenvalue weighted by atomic mass is 32.2. The van der Waals surface area contributed by atoms with Crippen molar-refractivity contribution in [2.75, 3.05) is 23.2 Å². The summed E-state index contributed by atoms with van der Waals surface area (Å²) in [5, 5.41) is 3.69. The van der Waals surface area contributed by atoms with Crippen LogP contribution in [0.5, 0.6) is 0 Å². The number of likely N-dealkylation sites (N-methyl/N-ethyl adjacent to an activating group) is 1. The van der Waals surface area contributed by atoms with Crippen molar-refractivity contribution >= 4 is 21.4 Å². The number of nitrogens with one attached hydrogen (secondary N) is 1. The fourth-order valence-corrected chi connectivity index (χ4v) is 4.05. The van der Waals surface area contributed by atoms with Crippen LogP contribution < -0.4 is 9.62 Å². The SMILES string of the molecule is Cc1noc(C)c1S(=O)(=O)Nc1ccc2c(c1)N(C)CC2. The molecule has 0 radical (unpaired) electrons. The molecule has 0 amide bonds. The molecule has 0 spiro atoms. The molecule has 1 N–H and O–H groups in total. The number of hydrogen-bond donors (Lipinski definition) is 1. The maximum atomic E-state index is 12.5. The Morgan fingerprint density at radius 2 is 2.10 bits per heavy atom. The van der Waals surface area contributed by atoms with Crippen molar-refractivity contribution in [1.29, 1.82) is 0 Å². The Kier molecular flexibility index (Phi) is 3.16. The average Bonchev–Trinajstić information content (AvgIpc) is 2.93. The van der Waals surface area contributed by atoms with E-state index < -0.39 is 10.0 Å². The van der Waals surface area contributed by atoms with Crippen LogP contribution in [0.1, 0.15) is 17.0 Å². The number of fused-ring (bicyclic) bond motifs is 1. The summed E-state index contributed by atoms with van der Waals surface area (Å²) in [7, 11) is -1.69. The quantitative estimate of drug-likeness (QED) is 0.939. The predicted molar refractivity (Wildman–Crippen MR) is 80.2 cm³/mol. The van der Waals surface area contributed by atoms with E-state index in [1.165, 1.54) is 5.56 Å². The van der Waals surface area contributed by atoms with Crippen molar-refractivity contribution in [1.82, 2.24) is 5.16 Å².